The van der Waals surface area contributed by atoms with Crippen molar-refractivity contribution in [3.8, 4) is 5.69 Å². The summed E-state index contributed by atoms with van der Waals surface area (Å²) >= 11 is 3.46. The van der Waals surface area contributed by atoms with Crippen molar-refractivity contribution in [2.45, 2.75) is 19.5 Å². The van der Waals surface area contributed by atoms with Crippen molar-refractivity contribution in [1.29, 1.82) is 0 Å². The van der Waals surface area contributed by atoms with Gasteiger partial charge in [-0.05, 0) is 42.3 Å². The number of halogens is 1. The van der Waals surface area contributed by atoms with Crippen LogP contribution in [-0.4, -0.2) is 9.55 Å². The maximum absolute atomic E-state index is 4.07. The summed E-state index contributed by atoms with van der Waals surface area (Å²) in [5, 5.41) is 3.55. The van der Waals surface area contributed by atoms with Crippen LogP contribution in [0.3, 0.4) is 0 Å². The molecule has 3 nitrogen and oxygen atoms in total. The Bertz CT molecular complexity index is 703. The average molecular weight is 356 g/mol. The van der Waals surface area contributed by atoms with Crippen LogP contribution in [0.4, 0.5) is 0 Å². The molecule has 0 saturated carbocycles. The van der Waals surface area contributed by atoms with Gasteiger partial charge in [-0.3, -0.25) is 0 Å². The number of hydrogen-bond acceptors (Lipinski definition) is 2. The quantitative estimate of drug-likeness (QED) is 0.730. The molecular formula is C18H18BrN3. The van der Waals surface area contributed by atoms with Gasteiger partial charge in [-0.15, -0.1) is 0 Å². The standard InChI is InChI=1S/C18H18BrN3/c1-14(21-12-15-2-6-17(19)7-3-15)16-4-8-18(9-5-16)22-11-10-20-13-22/h2-11,13-14,21H,12H2,1H3/t14-/m1/s1. The highest BCUT2D eigenvalue weighted by molar-refractivity contribution is 9.10. The minimum absolute atomic E-state index is 0.306. The van der Waals surface area contributed by atoms with Crippen molar-refractivity contribution in [3.63, 3.8) is 0 Å². The van der Waals surface area contributed by atoms with Gasteiger partial charge in [0.2, 0.25) is 0 Å². The highest BCUT2D eigenvalue weighted by atomic mass is 79.9. The predicted octanol–water partition coefficient (Wildman–Crippen LogP) is 4.49. The highest BCUT2D eigenvalue weighted by Gasteiger charge is 2.05. The molecule has 0 aliphatic rings. The van der Waals surface area contributed by atoms with Crippen LogP contribution in [0.25, 0.3) is 5.69 Å². The van der Waals surface area contributed by atoms with Crippen molar-refractivity contribution in [1.82, 2.24) is 14.9 Å². The van der Waals surface area contributed by atoms with E-state index in [0.29, 0.717) is 6.04 Å². The molecule has 0 amide bonds. The average Bonchev–Trinajstić information content (AvgIpc) is 3.09. The summed E-state index contributed by atoms with van der Waals surface area (Å²) in [6.07, 6.45) is 5.55. The smallest absolute Gasteiger partial charge is 0.0991 e. The lowest BCUT2D eigenvalue weighted by molar-refractivity contribution is 0.574. The van der Waals surface area contributed by atoms with Gasteiger partial charge in [0.25, 0.3) is 0 Å². The van der Waals surface area contributed by atoms with E-state index in [2.05, 4.69) is 81.7 Å². The lowest BCUT2D eigenvalue weighted by Gasteiger charge is -2.15. The van der Waals surface area contributed by atoms with Gasteiger partial charge in [-0.25, -0.2) is 4.98 Å². The van der Waals surface area contributed by atoms with E-state index in [1.54, 1.807) is 6.20 Å². The molecule has 1 N–H and O–H groups in total. The number of rotatable bonds is 5. The Kier molecular flexibility index (Phi) is 4.71. The fraction of sp³-hybridized carbons (Fsp3) is 0.167. The lowest BCUT2D eigenvalue weighted by Crippen LogP contribution is -2.18. The maximum Gasteiger partial charge on any atom is 0.0991 e. The summed E-state index contributed by atoms with van der Waals surface area (Å²) in [6.45, 7) is 3.04. The fourth-order valence-electron chi connectivity index (χ4n) is 2.34. The topological polar surface area (TPSA) is 29.9 Å². The molecule has 3 aromatic rings. The molecule has 112 valence electrons. The molecule has 1 heterocycles. The highest BCUT2D eigenvalue weighted by Crippen LogP contribution is 2.17. The zero-order chi connectivity index (χ0) is 15.4. The van der Waals surface area contributed by atoms with Crippen molar-refractivity contribution < 1.29 is 0 Å². The van der Waals surface area contributed by atoms with Crippen LogP contribution in [0, 0.1) is 0 Å². The van der Waals surface area contributed by atoms with Crippen LogP contribution < -0.4 is 5.32 Å². The summed E-state index contributed by atoms with van der Waals surface area (Å²) in [7, 11) is 0. The third-order valence-corrected chi connectivity index (χ3v) is 4.25. The molecule has 0 unspecified atom stereocenters. The number of aromatic nitrogens is 2. The van der Waals surface area contributed by atoms with Crippen LogP contribution >= 0.6 is 15.9 Å². The van der Waals surface area contributed by atoms with Gasteiger partial charge >= 0.3 is 0 Å². The number of imidazole rings is 1. The SMILES string of the molecule is C[C@@H](NCc1ccc(Br)cc1)c1ccc(-n2ccnc2)cc1. The van der Waals surface area contributed by atoms with Crippen molar-refractivity contribution in [3.05, 3.63) is 82.9 Å². The van der Waals surface area contributed by atoms with E-state index in [0.717, 1.165) is 16.7 Å². The van der Waals surface area contributed by atoms with Gasteiger partial charge in [-0.1, -0.05) is 40.2 Å². The lowest BCUT2D eigenvalue weighted by atomic mass is 10.1. The Morgan fingerprint density at radius 1 is 1.09 bits per heavy atom. The van der Waals surface area contributed by atoms with E-state index in [9.17, 15) is 0 Å². The van der Waals surface area contributed by atoms with Crippen molar-refractivity contribution >= 4 is 15.9 Å². The molecule has 4 heteroatoms. The first-order chi connectivity index (χ1) is 10.7. The number of hydrogen-bond donors (Lipinski definition) is 1. The summed E-state index contributed by atoms with van der Waals surface area (Å²) in [5.74, 6) is 0. The van der Waals surface area contributed by atoms with E-state index in [-0.39, 0.29) is 0 Å². The molecule has 0 spiro atoms. The molecule has 22 heavy (non-hydrogen) atoms. The van der Waals surface area contributed by atoms with E-state index in [1.165, 1.54) is 11.1 Å². The zero-order valence-electron chi connectivity index (χ0n) is 12.4. The van der Waals surface area contributed by atoms with Crippen LogP contribution in [0.2, 0.25) is 0 Å². The molecule has 3 rings (SSSR count). The van der Waals surface area contributed by atoms with Crippen LogP contribution in [-0.2, 0) is 6.54 Å². The molecule has 0 aliphatic carbocycles. The first kappa shape index (κ1) is 15.0. The van der Waals surface area contributed by atoms with Gasteiger partial charge in [0.15, 0.2) is 0 Å². The summed E-state index contributed by atoms with van der Waals surface area (Å²) < 4.78 is 3.11. The molecule has 1 aromatic heterocycles. The van der Waals surface area contributed by atoms with Gasteiger partial charge in [0.1, 0.15) is 0 Å². The summed E-state index contributed by atoms with van der Waals surface area (Å²) in [6, 6.07) is 17.3. The third kappa shape index (κ3) is 3.64. The summed E-state index contributed by atoms with van der Waals surface area (Å²) in [5.41, 5.74) is 3.69. The number of nitrogens with zero attached hydrogens (tertiary/aromatic N) is 2. The minimum Gasteiger partial charge on any atom is -0.306 e. The molecule has 0 aliphatic heterocycles. The summed E-state index contributed by atoms with van der Waals surface area (Å²) in [4.78, 5) is 4.07. The molecule has 2 aromatic carbocycles. The Morgan fingerprint density at radius 2 is 1.82 bits per heavy atom. The van der Waals surface area contributed by atoms with Crippen molar-refractivity contribution in [2.24, 2.45) is 0 Å². The molecular weight excluding hydrogens is 338 g/mol. The molecule has 0 saturated heterocycles. The van der Waals surface area contributed by atoms with E-state index < -0.39 is 0 Å². The zero-order valence-corrected chi connectivity index (χ0v) is 14.0. The van der Waals surface area contributed by atoms with E-state index >= 15 is 0 Å². The van der Waals surface area contributed by atoms with Crippen LogP contribution in [0.1, 0.15) is 24.1 Å². The molecule has 0 radical (unpaired) electrons. The van der Waals surface area contributed by atoms with Gasteiger partial charge in [0, 0.05) is 35.1 Å². The largest absolute Gasteiger partial charge is 0.306 e. The Morgan fingerprint density at radius 3 is 2.45 bits per heavy atom. The second kappa shape index (κ2) is 6.90. The minimum atomic E-state index is 0.306. The second-order valence-electron chi connectivity index (χ2n) is 5.29. The maximum atomic E-state index is 4.07. The number of nitrogens with one attached hydrogen (secondary N) is 1. The molecule has 0 bridgehead atoms. The van der Waals surface area contributed by atoms with Crippen molar-refractivity contribution in [2.75, 3.05) is 0 Å². The van der Waals surface area contributed by atoms with E-state index in [1.807, 2.05) is 17.1 Å². The monoisotopic (exact) mass is 355 g/mol. The predicted molar refractivity (Wildman–Crippen MR) is 93.0 cm³/mol. The Labute approximate surface area is 139 Å². The first-order valence-electron chi connectivity index (χ1n) is 7.28. The van der Waals surface area contributed by atoms with Gasteiger partial charge in [-0.2, -0.15) is 0 Å². The van der Waals surface area contributed by atoms with Crippen LogP contribution in [0.5, 0.6) is 0 Å². The van der Waals surface area contributed by atoms with Crippen LogP contribution in [0.15, 0.2) is 71.7 Å². The first-order valence-corrected chi connectivity index (χ1v) is 8.08. The second-order valence-corrected chi connectivity index (χ2v) is 6.21. The Hall–Kier alpha value is -1.91. The normalized spacial score (nSPS) is 12.3. The Balaban J connectivity index is 1.62. The fourth-order valence-corrected chi connectivity index (χ4v) is 2.60. The number of benzene rings is 2. The third-order valence-electron chi connectivity index (χ3n) is 3.72. The van der Waals surface area contributed by atoms with Gasteiger partial charge < -0.3 is 9.88 Å². The van der Waals surface area contributed by atoms with E-state index in [4.69, 9.17) is 0 Å². The van der Waals surface area contributed by atoms with Gasteiger partial charge in [0.05, 0.1) is 6.33 Å². The molecule has 1 atom stereocenters. The molecule has 0 fully saturated rings.